The van der Waals surface area contributed by atoms with Gasteiger partial charge in [-0.2, -0.15) is 0 Å². The SMILES string of the molecule is Cc1ccc([C@H]2[C@@H](c3ccccn3)NC(=S)N2Cc2ccncc2)n1-c1ccccc1. The number of thiocarbonyl (C=S) groups is 1. The van der Waals surface area contributed by atoms with E-state index in [2.05, 4.69) is 74.1 Å². The molecule has 5 rings (SSSR count). The lowest BCUT2D eigenvalue weighted by Crippen LogP contribution is -2.30. The third kappa shape index (κ3) is 3.70. The molecule has 1 aliphatic rings. The van der Waals surface area contributed by atoms with Gasteiger partial charge in [0.15, 0.2) is 5.11 Å². The van der Waals surface area contributed by atoms with Crippen molar-refractivity contribution in [3.8, 4) is 5.69 Å². The fourth-order valence-corrected chi connectivity index (χ4v) is 4.61. The Morgan fingerprint density at radius 1 is 0.903 bits per heavy atom. The van der Waals surface area contributed by atoms with Gasteiger partial charge in [0.1, 0.15) is 0 Å². The molecule has 4 heterocycles. The molecular weight excluding hydrogens is 402 g/mol. The van der Waals surface area contributed by atoms with Gasteiger partial charge in [0.25, 0.3) is 0 Å². The van der Waals surface area contributed by atoms with Crippen LogP contribution in [0.2, 0.25) is 0 Å². The monoisotopic (exact) mass is 425 g/mol. The van der Waals surface area contributed by atoms with E-state index in [1.165, 1.54) is 17.0 Å². The van der Waals surface area contributed by atoms with Gasteiger partial charge in [0.05, 0.1) is 17.8 Å². The highest BCUT2D eigenvalue weighted by molar-refractivity contribution is 7.80. The summed E-state index contributed by atoms with van der Waals surface area (Å²) in [6, 6.07) is 24.9. The molecule has 1 saturated heterocycles. The molecule has 0 bridgehead atoms. The van der Waals surface area contributed by atoms with Gasteiger partial charge in [-0.3, -0.25) is 9.97 Å². The van der Waals surface area contributed by atoms with Crippen LogP contribution in [-0.2, 0) is 6.54 Å². The second-order valence-corrected chi connectivity index (χ2v) is 8.07. The molecule has 1 aliphatic heterocycles. The third-order valence-electron chi connectivity index (χ3n) is 5.72. The van der Waals surface area contributed by atoms with Crippen molar-refractivity contribution in [1.29, 1.82) is 0 Å². The molecule has 154 valence electrons. The molecule has 0 radical (unpaired) electrons. The summed E-state index contributed by atoms with van der Waals surface area (Å²) in [4.78, 5) is 11.1. The van der Waals surface area contributed by atoms with E-state index in [-0.39, 0.29) is 12.1 Å². The number of aryl methyl sites for hydroxylation is 1. The van der Waals surface area contributed by atoms with E-state index in [1.807, 2.05) is 48.9 Å². The van der Waals surface area contributed by atoms with E-state index in [0.29, 0.717) is 6.54 Å². The van der Waals surface area contributed by atoms with Crippen LogP contribution in [0, 0.1) is 6.92 Å². The summed E-state index contributed by atoms with van der Waals surface area (Å²) in [5.74, 6) is 0. The fraction of sp³-hybridized carbons (Fsp3) is 0.160. The zero-order chi connectivity index (χ0) is 21.2. The van der Waals surface area contributed by atoms with Gasteiger partial charge in [0, 0.05) is 42.2 Å². The number of para-hydroxylation sites is 1. The molecule has 2 atom stereocenters. The fourth-order valence-electron chi connectivity index (χ4n) is 4.30. The Morgan fingerprint density at radius 2 is 1.68 bits per heavy atom. The van der Waals surface area contributed by atoms with E-state index in [4.69, 9.17) is 12.2 Å². The van der Waals surface area contributed by atoms with Gasteiger partial charge in [-0.1, -0.05) is 24.3 Å². The summed E-state index contributed by atoms with van der Waals surface area (Å²) in [6.07, 6.45) is 5.48. The zero-order valence-corrected chi connectivity index (χ0v) is 18.0. The van der Waals surface area contributed by atoms with Crippen LogP contribution in [-0.4, -0.2) is 24.5 Å². The maximum absolute atomic E-state index is 5.82. The lowest BCUT2D eigenvalue weighted by Gasteiger charge is -2.29. The summed E-state index contributed by atoms with van der Waals surface area (Å²) in [7, 11) is 0. The summed E-state index contributed by atoms with van der Waals surface area (Å²) < 4.78 is 2.32. The molecule has 0 saturated carbocycles. The van der Waals surface area contributed by atoms with Gasteiger partial charge in [-0.05, 0) is 73.2 Å². The number of aromatic nitrogens is 3. The van der Waals surface area contributed by atoms with Crippen molar-refractivity contribution in [1.82, 2.24) is 24.8 Å². The molecule has 0 unspecified atom stereocenters. The van der Waals surface area contributed by atoms with Crippen LogP contribution in [0.5, 0.6) is 0 Å². The van der Waals surface area contributed by atoms with E-state index in [9.17, 15) is 0 Å². The second-order valence-electron chi connectivity index (χ2n) is 7.68. The highest BCUT2D eigenvalue weighted by Crippen LogP contribution is 2.40. The van der Waals surface area contributed by atoms with Crippen LogP contribution in [0.4, 0.5) is 0 Å². The number of hydrogen-bond donors (Lipinski definition) is 1. The largest absolute Gasteiger partial charge is 0.352 e. The minimum absolute atomic E-state index is 0.00975. The van der Waals surface area contributed by atoms with Gasteiger partial charge < -0.3 is 14.8 Å². The first kappa shape index (κ1) is 19.5. The summed E-state index contributed by atoms with van der Waals surface area (Å²) in [5, 5.41) is 4.28. The number of pyridine rings is 2. The molecule has 1 fully saturated rings. The topological polar surface area (TPSA) is 46.0 Å². The number of hydrogen-bond acceptors (Lipinski definition) is 3. The average Bonchev–Trinajstić information content (AvgIpc) is 3.35. The molecule has 0 aliphatic carbocycles. The van der Waals surface area contributed by atoms with Gasteiger partial charge >= 0.3 is 0 Å². The maximum atomic E-state index is 5.82. The van der Waals surface area contributed by atoms with Crippen LogP contribution >= 0.6 is 12.2 Å². The van der Waals surface area contributed by atoms with Crippen LogP contribution in [0.15, 0.2) is 91.4 Å². The minimum atomic E-state index is -0.0488. The smallest absolute Gasteiger partial charge is 0.170 e. The Labute approximate surface area is 187 Å². The van der Waals surface area contributed by atoms with Crippen LogP contribution in [0.1, 0.15) is 34.7 Å². The average molecular weight is 426 g/mol. The molecular formula is C25H23N5S. The van der Waals surface area contributed by atoms with Crippen molar-refractivity contribution >= 4 is 17.3 Å². The van der Waals surface area contributed by atoms with Gasteiger partial charge in [0.2, 0.25) is 0 Å². The Morgan fingerprint density at radius 3 is 2.42 bits per heavy atom. The summed E-state index contributed by atoms with van der Waals surface area (Å²) in [6.45, 7) is 2.83. The molecule has 4 aromatic rings. The van der Waals surface area contributed by atoms with E-state index in [0.717, 1.165) is 16.5 Å². The van der Waals surface area contributed by atoms with E-state index >= 15 is 0 Å². The lowest BCUT2D eigenvalue weighted by molar-refractivity contribution is 0.302. The molecule has 1 N–H and O–H groups in total. The normalized spacial score (nSPS) is 18.2. The van der Waals surface area contributed by atoms with Crippen LogP contribution in [0.3, 0.4) is 0 Å². The Hall–Kier alpha value is -3.51. The molecule has 5 nitrogen and oxygen atoms in total. The van der Waals surface area contributed by atoms with Crippen molar-refractivity contribution < 1.29 is 0 Å². The molecule has 0 amide bonds. The van der Waals surface area contributed by atoms with Crippen molar-refractivity contribution in [3.05, 3.63) is 114 Å². The Bertz CT molecular complexity index is 1170. The predicted molar refractivity (Wildman–Crippen MR) is 126 cm³/mol. The third-order valence-corrected chi connectivity index (χ3v) is 6.08. The Balaban J connectivity index is 1.63. The Kier molecular flexibility index (Phi) is 5.22. The second kappa shape index (κ2) is 8.32. The quantitative estimate of drug-likeness (QED) is 0.468. The standard InChI is InChI=1S/C25H23N5S/c1-18-10-11-22(30(18)20-7-3-2-4-8-20)24-23(21-9-5-6-14-27-21)28-25(31)29(24)17-19-12-15-26-16-13-19/h2-16,23-24H,17H2,1H3,(H,28,31)/t23-,24+/m1/s1. The van der Waals surface area contributed by atoms with Gasteiger partial charge in [-0.25, -0.2) is 0 Å². The highest BCUT2D eigenvalue weighted by Gasteiger charge is 2.41. The first-order chi connectivity index (χ1) is 15.2. The lowest BCUT2D eigenvalue weighted by atomic mass is 10.0. The molecule has 3 aromatic heterocycles. The van der Waals surface area contributed by atoms with Gasteiger partial charge in [-0.15, -0.1) is 0 Å². The van der Waals surface area contributed by atoms with E-state index < -0.39 is 0 Å². The summed E-state index contributed by atoms with van der Waals surface area (Å²) >= 11 is 5.82. The van der Waals surface area contributed by atoms with Crippen molar-refractivity contribution in [3.63, 3.8) is 0 Å². The summed E-state index contributed by atoms with van der Waals surface area (Å²) in [5.41, 5.74) is 5.65. The minimum Gasteiger partial charge on any atom is -0.352 e. The van der Waals surface area contributed by atoms with Crippen LogP contribution < -0.4 is 5.32 Å². The predicted octanol–water partition coefficient (Wildman–Crippen LogP) is 4.75. The molecule has 31 heavy (non-hydrogen) atoms. The maximum Gasteiger partial charge on any atom is 0.170 e. The highest BCUT2D eigenvalue weighted by atomic mass is 32.1. The van der Waals surface area contributed by atoms with E-state index in [1.54, 1.807) is 0 Å². The number of nitrogens with one attached hydrogen (secondary N) is 1. The van der Waals surface area contributed by atoms with Crippen molar-refractivity contribution in [2.24, 2.45) is 0 Å². The van der Waals surface area contributed by atoms with Crippen LogP contribution in [0.25, 0.3) is 5.69 Å². The first-order valence-electron chi connectivity index (χ1n) is 10.3. The zero-order valence-electron chi connectivity index (χ0n) is 17.2. The molecule has 1 aromatic carbocycles. The number of nitrogens with zero attached hydrogens (tertiary/aromatic N) is 4. The molecule has 0 spiro atoms. The number of rotatable bonds is 5. The van der Waals surface area contributed by atoms with Crippen molar-refractivity contribution in [2.45, 2.75) is 25.6 Å². The number of benzene rings is 1. The first-order valence-corrected chi connectivity index (χ1v) is 10.7. The molecule has 6 heteroatoms. The van der Waals surface area contributed by atoms with Crippen molar-refractivity contribution in [2.75, 3.05) is 0 Å².